The van der Waals surface area contributed by atoms with Crippen molar-refractivity contribution in [1.29, 1.82) is 0 Å². The van der Waals surface area contributed by atoms with Crippen LogP contribution in [0.4, 0.5) is 0 Å². The lowest BCUT2D eigenvalue weighted by Crippen LogP contribution is -2.35. The van der Waals surface area contributed by atoms with Crippen molar-refractivity contribution >= 4 is 27.5 Å². The van der Waals surface area contributed by atoms with Crippen molar-refractivity contribution in [3.05, 3.63) is 112 Å². The summed E-state index contributed by atoms with van der Waals surface area (Å²) in [5, 5.41) is 3.11. The Morgan fingerprint density at radius 3 is 2.00 bits per heavy atom. The molecule has 0 bridgehead atoms. The molecule has 26 heavy (non-hydrogen) atoms. The minimum absolute atomic E-state index is 0.0190. The van der Waals surface area contributed by atoms with Crippen molar-refractivity contribution in [2.75, 3.05) is 0 Å². The molecule has 4 rings (SSSR count). The quantitative estimate of drug-likeness (QED) is 0.615. The van der Waals surface area contributed by atoms with Crippen LogP contribution >= 0.6 is 15.9 Å². The van der Waals surface area contributed by atoms with Crippen molar-refractivity contribution in [2.45, 2.75) is 11.8 Å². The number of allylic oxidation sites excluding steroid dienone is 1. The Morgan fingerprint density at radius 2 is 1.35 bits per heavy atom. The third-order valence-corrected chi connectivity index (χ3v) is 5.27. The summed E-state index contributed by atoms with van der Waals surface area (Å²) in [4.78, 5) is 13.1. The zero-order valence-electron chi connectivity index (χ0n) is 14.1. The first-order valence-corrected chi connectivity index (χ1v) is 9.40. The first-order valence-electron chi connectivity index (χ1n) is 8.61. The van der Waals surface area contributed by atoms with E-state index in [9.17, 15) is 4.79 Å². The monoisotopic (exact) mass is 403 g/mol. The lowest BCUT2D eigenvalue weighted by Gasteiger charge is -2.31. The largest absolute Gasteiger partial charge is 0.325 e. The molecule has 0 saturated carbocycles. The molecule has 3 heteroatoms. The lowest BCUT2D eigenvalue weighted by molar-refractivity contribution is -0.122. The van der Waals surface area contributed by atoms with Gasteiger partial charge in [0, 0.05) is 16.1 Å². The van der Waals surface area contributed by atoms with E-state index in [4.69, 9.17) is 0 Å². The number of carbonyl (C=O) groups is 1. The van der Waals surface area contributed by atoms with Crippen molar-refractivity contribution in [3.63, 3.8) is 0 Å². The summed E-state index contributed by atoms with van der Waals surface area (Å²) >= 11 is 3.50. The molecule has 2 nitrogen and oxygen atoms in total. The molecule has 3 aromatic carbocycles. The van der Waals surface area contributed by atoms with Gasteiger partial charge in [-0.2, -0.15) is 0 Å². The molecule has 0 fully saturated rings. The topological polar surface area (TPSA) is 29.1 Å². The summed E-state index contributed by atoms with van der Waals surface area (Å²) in [5.41, 5.74) is 4.05. The van der Waals surface area contributed by atoms with E-state index in [1.165, 1.54) is 0 Å². The van der Waals surface area contributed by atoms with Gasteiger partial charge in [0.05, 0.1) is 5.92 Å². The van der Waals surface area contributed by atoms with Gasteiger partial charge >= 0.3 is 0 Å². The zero-order chi connectivity index (χ0) is 17.9. The third-order valence-electron chi connectivity index (χ3n) is 4.74. The van der Waals surface area contributed by atoms with Crippen molar-refractivity contribution in [1.82, 2.24) is 5.32 Å². The van der Waals surface area contributed by atoms with Gasteiger partial charge in [0.2, 0.25) is 5.91 Å². The molecule has 0 aliphatic carbocycles. The standard InChI is InChI=1S/C23H18BrNO/c24-19-13-11-16(12-14-19)20-15-21(17-7-3-1-4-8-17)25-23(26)22(20)18-9-5-2-6-10-18/h1-15,20,22H,(H,25,26). The molecule has 1 aliphatic rings. The molecule has 3 aromatic rings. The molecule has 1 N–H and O–H groups in total. The molecule has 2 atom stereocenters. The maximum atomic E-state index is 13.1. The first-order chi connectivity index (χ1) is 12.7. The van der Waals surface area contributed by atoms with E-state index in [1.54, 1.807) is 0 Å². The zero-order valence-corrected chi connectivity index (χ0v) is 15.7. The normalized spacial score (nSPS) is 19.6. The number of rotatable bonds is 3. The van der Waals surface area contributed by atoms with Crippen LogP contribution in [0.2, 0.25) is 0 Å². The molecule has 1 heterocycles. The fraction of sp³-hybridized carbons (Fsp3) is 0.0870. The van der Waals surface area contributed by atoms with Gasteiger partial charge in [0.25, 0.3) is 0 Å². The average molecular weight is 404 g/mol. The van der Waals surface area contributed by atoms with Crippen molar-refractivity contribution in [3.8, 4) is 0 Å². The summed E-state index contributed by atoms with van der Waals surface area (Å²) in [6, 6.07) is 28.2. The number of hydrogen-bond acceptors (Lipinski definition) is 1. The minimum Gasteiger partial charge on any atom is -0.325 e. The summed E-state index contributed by atoms with van der Waals surface area (Å²) in [7, 11) is 0. The number of hydrogen-bond donors (Lipinski definition) is 1. The van der Waals surface area contributed by atoms with Gasteiger partial charge in [-0.3, -0.25) is 4.79 Å². The highest BCUT2D eigenvalue weighted by Crippen LogP contribution is 2.39. The van der Waals surface area contributed by atoms with Crippen LogP contribution < -0.4 is 5.32 Å². The van der Waals surface area contributed by atoms with Crippen LogP contribution in [0.25, 0.3) is 5.70 Å². The predicted molar refractivity (Wildman–Crippen MR) is 109 cm³/mol. The van der Waals surface area contributed by atoms with Gasteiger partial charge < -0.3 is 5.32 Å². The van der Waals surface area contributed by atoms with Crippen molar-refractivity contribution < 1.29 is 4.79 Å². The van der Waals surface area contributed by atoms with E-state index < -0.39 is 0 Å². The maximum absolute atomic E-state index is 13.1. The van der Waals surface area contributed by atoms with E-state index in [0.717, 1.165) is 26.9 Å². The number of halogens is 1. The molecule has 1 amide bonds. The molecule has 0 radical (unpaired) electrons. The molecule has 128 valence electrons. The first kappa shape index (κ1) is 16.8. The summed E-state index contributed by atoms with van der Waals surface area (Å²) in [6.07, 6.45) is 2.18. The van der Waals surface area contributed by atoms with Crippen LogP contribution in [-0.2, 0) is 4.79 Å². The number of carbonyl (C=O) groups excluding carboxylic acids is 1. The summed E-state index contributed by atoms with van der Waals surface area (Å²) in [6.45, 7) is 0. The van der Waals surface area contributed by atoms with Gasteiger partial charge in [-0.1, -0.05) is 94.8 Å². The Bertz CT molecular complexity index is 933. The summed E-state index contributed by atoms with van der Waals surface area (Å²) < 4.78 is 1.03. The average Bonchev–Trinajstić information content (AvgIpc) is 2.69. The van der Waals surface area contributed by atoms with E-state index in [0.29, 0.717) is 0 Å². The Kier molecular flexibility index (Phi) is 4.72. The SMILES string of the molecule is O=C1NC(c2ccccc2)=CC(c2ccc(Br)cc2)C1c1ccccc1. The van der Waals surface area contributed by atoms with Crippen LogP contribution in [0.5, 0.6) is 0 Å². The Balaban J connectivity index is 1.83. The van der Waals surface area contributed by atoms with Gasteiger partial charge in [0.15, 0.2) is 0 Å². The van der Waals surface area contributed by atoms with Gasteiger partial charge in [-0.25, -0.2) is 0 Å². The Labute approximate surface area is 161 Å². The van der Waals surface area contributed by atoms with Crippen LogP contribution in [0.3, 0.4) is 0 Å². The molecule has 2 unspecified atom stereocenters. The Hall–Kier alpha value is -2.65. The van der Waals surface area contributed by atoms with Gasteiger partial charge in [-0.05, 0) is 28.8 Å². The highest BCUT2D eigenvalue weighted by atomic mass is 79.9. The van der Waals surface area contributed by atoms with E-state index in [-0.39, 0.29) is 17.7 Å². The molecule has 0 saturated heterocycles. The van der Waals surface area contributed by atoms with Crippen LogP contribution in [-0.4, -0.2) is 5.91 Å². The Morgan fingerprint density at radius 1 is 0.731 bits per heavy atom. The number of amides is 1. The van der Waals surface area contributed by atoms with Gasteiger partial charge in [0.1, 0.15) is 0 Å². The van der Waals surface area contributed by atoms with E-state index >= 15 is 0 Å². The minimum atomic E-state index is -0.246. The van der Waals surface area contributed by atoms with Crippen LogP contribution in [0, 0.1) is 0 Å². The van der Waals surface area contributed by atoms with Crippen LogP contribution in [0.15, 0.2) is 95.5 Å². The second-order valence-corrected chi connectivity index (χ2v) is 7.32. The summed E-state index contributed by atoms with van der Waals surface area (Å²) in [5.74, 6) is -0.232. The molecular weight excluding hydrogens is 386 g/mol. The molecule has 1 aliphatic heterocycles. The fourth-order valence-electron chi connectivity index (χ4n) is 3.47. The smallest absolute Gasteiger partial charge is 0.232 e. The second-order valence-electron chi connectivity index (χ2n) is 6.40. The third kappa shape index (κ3) is 3.35. The highest BCUT2D eigenvalue weighted by molar-refractivity contribution is 9.10. The van der Waals surface area contributed by atoms with Gasteiger partial charge in [-0.15, -0.1) is 0 Å². The molecule has 0 aromatic heterocycles. The predicted octanol–water partition coefficient (Wildman–Crippen LogP) is 5.49. The second kappa shape index (κ2) is 7.30. The molecular formula is C23H18BrNO. The maximum Gasteiger partial charge on any atom is 0.232 e. The van der Waals surface area contributed by atoms with E-state index in [1.807, 2.05) is 72.8 Å². The highest BCUT2D eigenvalue weighted by Gasteiger charge is 2.34. The lowest BCUT2D eigenvalue weighted by atomic mass is 9.78. The van der Waals surface area contributed by atoms with E-state index in [2.05, 4.69) is 39.5 Å². The van der Waals surface area contributed by atoms with Crippen LogP contribution in [0.1, 0.15) is 28.5 Å². The number of nitrogens with one attached hydrogen (secondary N) is 1. The number of benzene rings is 3. The fourth-order valence-corrected chi connectivity index (χ4v) is 3.73. The molecule has 0 spiro atoms. The van der Waals surface area contributed by atoms with Crippen molar-refractivity contribution in [2.24, 2.45) is 0 Å².